The Morgan fingerprint density at radius 2 is 1.64 bits per heavy atom. The molecule has 4 nitrogen and oxygen atoms in total. The van der Waals surface area contributed by atoms with E-state index in [1.807, 2.05) is 54.6 Å². The summed E-state index contributed by atoms with van der Waals surface area (Å²) in [5, 5.41) is 1.66. The van der Waals surface area contributed by atoms with Gasteiger partial charge >= 0.3 is 5.97 Å². The number of ether oxygens (including phenoxy) is 2. The minimum absolute atomic E-state index is 0.377. The lowest BCUT2D eigenvalue weighted by Crippen LogP contribution is -2.11. The van der Waals surface area contributed by atoms with E-state index in [1.165, 1.54) is 7.11 Å². The number of carbonyl (C=O) groups excluding carboxylic acids is 1. The van der Waals surface area contributed by atoms with Crippen LogP contribution < -0.4 is 9.47 Å². The lowest BCUT2D eigenvalue weighted by Gasteiger charge is -2.12. The molecule has 0 unspecified atom stereocenters. The van der Waals surface area contributed by atoms with Crippen molar-refractivity contribution in [3.05, 3.63) is 78.4 Å². The van der Waals surface area contributed by atoms with Crippen molar-refractivity contribution in [2.75, 3.05) is 7.11 Å². The van der Waals surface area contributed by atoms with Crippen LogP contribution in [0.25, 0.3) is 21.8 Å². The van der Waals surface area contributed by atoms with Crippen molar-refractivity contribution in [3.8, 4) is 11.5 Å². The number of hydrogen-bond acceptors (Lipinski definition) is 4. The van der Waals surface area contributed by atoms with Gasteiger partial charge in [-0.2, -0.15) is 0 Å². The van der Waals surface area contributed by atoms with Crippen molar-refractivity contribution in [3.63, 3.8) is 0 Å². The highest BCUT2D eigenvalue weighted by atomic mass is 16.5. The summed E-state index contributed by atoms with van der Waals surface area (Å²) in [6.07, 6.45) is 0. The van der Waals surface area contributed by atoms with Crippen LogP contribution in [0.1, 0.15) is 10.4 Å². The second-order valence-corrected chi connectivity index (χ2v) is 5.59. The van der Waals surface area contributed by atoms with Crippen LogP contribution in [0.5, 0.6) is 11.5 Å². The first-order valence-corrected chi connectivity index (χ1v) is 7.90. The molecule has 0 bridgehead atoms. The molecule has 0 spiro atoms. The zero-order valence-corrected chi connectivity index (χ0v) is 13.6. The number of methoxy groups -OCH3 is 1. The summed E-state index contributed by atoms with van der Waals surface area (Å²) in [6.45, 7) is 0. The van der Waals surface area contributed by atoms with Crippen LogP contribution in [-0.2, 0) is 0 Å². The van der Waals surface area contributed by atoms with Crippen LogP contribution in [0, 0.1) is 0 Å². The van der Waals surface area contributed by atoms with E-state index < -0.39 is 5.97 Å². The van der Waals surface area contributed by atoms with Crippen molar-refractivity contribution < 1.29 is 14.3 Å². The Bertz CT molecular complexity index is 1070. The van der Waals surface area contributed by atoms with E-state index in [4.69, 9.17) is 9.47 Å². The molecule has 122 valence electrons. The van der Waals surface area contributed by atoms with Gasteiger partial charge in [0.25, 0.3) is 0 Å². The largest absolute Gasteiger partial charge is 0.496 e. The molecule has 1 heterocycles. The summed E-state index contributed by atoms with van der Waals surface area (Å²) in [5.41, 5.74) is 1.98. The van der Waals surface area contributed by atoms with Gasteiger partial charge in [0.15, 0.2) is 0 Å². The second-order valence-electron chi connectivity index (χ2n) is 5.59. The molecular weight excluding hydrogens is 314 g/mol. The average molecular weight is 329 g/mol. The van der Waals surface area contributed by atoms with E-state index in [2.05, 4.69) is 4.98 Å². The number of fused-ring (bicyclic) bond motifs is 2. The highest BCUT2D eigenvalue weighted by Gasteiger charge is 2.19. The molecule has 0 radical (unpaired) electrons. The van der Waals surface area contributed by atoms with E-state index in [-0.39, 0.29) is 0 Å². The van der Waals surface area contributed by atoms with Crippen LogP contribution in [0.15, 0.2) is 72.8 Å². The maximum Gasteiger partial charge on any atom is 0.348 e. The number of benzene rings is 3. The molecule has 0 aliphatic carbocycles. The third-order valence-corrected chi connectivity index (χ3v) is 4.04. The fourth-order valence-corrected chi connectivity index (χ4v) is 2.86. The summed E-state index contributed by atoms with van der Waals surface area (Å²) in [5.74, 6) is 0.483. The van der Waals surface area contributed by atoms with Crippen LogP contribution in [0.2, 0.25) is 0 Å². The molecule has 4 heteroatoms. The first kappa shape index (κ1) is 15.1. The maximum absolute atomic E-state index is 12.8. The average Bonchev–Trinajstić information content (AvgIpc) is 2.66. The van der Waals surface area contributed by atoms with Crippen LogP contribution in [0.4, 0.5) is 0 Å². The zero-order chi connectivity index (χ0) is 17.2. The Hall–Kier alpha value is -3.40. The number of para-hydroxylation sites is 2. The summed E-state index contributed by atoms with van der Waals surface area (Å²) in [4.78, 5) is 17.5. The van der Waals surface area contributed by atoms with E-state index in [9.17, 15) is 4.79 Å². The highest BCUT2D eigenvalue weighted by Crippen LogP contribution is 2.30. The quantitative estimate of drug-likeness (QED) is 0.313. The molecule has 0 amide bonds. The molecule has 1 aromatic heterocycles. The molecule has 25 heavy (non-hydrogen) atoms. The molecule has 3 aromatic carbocycles. The third kappa shape index (κ3) is 2.78. The number of hydrogen-bond donors (Lipinski definition) is 0. The molecule has 0 saturated heterocycles. The fraction of sp³-hybridized carbons (Fsp3) is 0.0476. The summed E-state index contributed by atoms with van der Waals surface area (Å²) in [6, 6.07) is 22.3. The SMILES string of the molecule is COc1ccc2nc3ccccc3cc2c1C(=O)Oc1ccccc1. The van der Waals surface area contributed by atoms with Crippen molar-refractivity contribution in [2.45, 2.75) is 0 Å². The summed E-state index contributed by atoms with van der Waals surface area (Å²) >= 11 is 0. The van der Waals surface area contributed by atoms with Gasteiger partial charge in [0.2, 0.25) is 0 Å². The number of carbonyl (C=O) groups is 1. The Morgan fingerprint density at radius 3 is 2.44 bits per heavy atom. The van der Waals surface area contributed by atoms with Crippen molar-refractivity contribution in [1.29, 1.82) is 0 Å². The Labute approximate surface area is 144 Å². The standard InChI is InChI=1S/C21H15NO3/c1-24-19-12-11-18-16(13-14-7-5-6-10-17(14)22-18)20(19)21(23)25-15-8-3-2-4-9-15/h2-13H,1H3. The number of aromatic nitrogens is 1. The van der Waals surface area contributed by atoms with Crippen molar-refractivity contribution in [2.24, 2.45) is 0 Å². The number of pyridine rings is 1. The molecule has 4 aromatic rings. The molecule has 0 aliphatic heterocycles. The fourth-order valence-electron chi connectivity index (χ4n) is 2.86. The molecule has 0 N–H and O–H groups in total. The number of nitrogens with zero attached hydrogens (tertiary/aromatic N) is 1. The van der Waals surface area contributed by atoms with E-state index in [0.29, 0.717) is 22.4 Å². The van der Waals surface area contributed by atoms with Gasteiger partial charge in [0, 0.05) is 10.8 Å². The summed E-state index contributed by atoms with van der Waals surface area (Å²) < 4.78 is 10.9. The normalized spacial score (nSPS) is 10.8. The van der Waals surface area contributed by atoms with Gasteiger partial charge in [-0.3, -0.25) is 0 Å². The summed E-state index contributed by atoms with van der Waals surface area (Å²) in [7, 11) is 1.54. The van der Waals surface area contributed by atoms with Gasteiger partial charge in [0.05, 0.1) is 18.1 Å². The maximum atomic E-state index is 12.8. The van der Waals surface area contributed by atoms with Gasteiger partial charge in [-0.05, 0) is 36.4 Å². The van der Waals surface area contributed by atoms with Gasteiger partial charge in [0.1, 0.15) is 17.1 Å². The van der Waals surface area contributed by atoms with Gasteiger partial charge < -0.3 is 9.47 Å². The third-order valence-electron chi connectivity index (χ3n) is 4.04. The minimum Gasteiger partial charge on any atom is -0.496 e. The molecule has 0 aliphatic rings. The Morgan fingerprint density at radius 1 is 0.880 bits per heavy atom. The first-order valence-electron chi connectivity index (χ1n) is 7.90. The first-order chi connectivity index (χ1) is 12.3. The van der Waals surface area contributed by atoms with E-state index in [0.717, 1.165) is 16.4 Å². The van der Waals surface area contributed by atoms with Crippen molar-refractivity contribution >= 4 is 27.8 Å². The van der Waals surface area contributed by atoms with Gasteiger partial charge in [-0.15, -0.1) is 0 Å². The number of rotatable bonds is 3. The second kappa shape index (κ2) is 6.24. The minimum atomic E-state index is -0.467. The van der Waals surface area contributed by atoms with Gasteiger partial charge in [-0.1, -0.05) is 36.4 Å². The lowest BCUT2D eigenvalue weighted by atomic mass is 10.0. The molecule has 0 atom stereocenters. The molecule has 4 rings (SSSR count). The smallest absolute Gasteiger partial charge is 0.348 e. The zero-order valence-electron chi connectivity index (χ0n) is 13.6. The van der Waals surface area contributed by atoms with Crippen LogP contribution >= 0.6 is 0 Å². The lowest BCUT2D eigenvalue weighted by molar-refractivity contribution is 0.0733. The molecule has 0 saturated carbocycles. The highest BCUT2D eigenvalue weighted by molar-refractivity contribution is 6.09. The topological polar surface area (TPSA) is 48.4 Å². The van der Waals surface area contributed by atoms with Crippen LogP contribution in [-0.4, -0.2) is 18.1 Å². The Balaban J connectivity index is 1.90. The van der Waals surface area contributed by atoms with E-state index in [1.54, 1.807) is 18.2 Å². The van der Waals surface area contributed by atoms with Crippen LogP contribution in [0.3, 0.4) is 0 Å². The molecule has 0 fully saturated rings. The number of esters is 1. The molecular formula is C21H15NO3. The predicted octanol–water partition coefficient (Wildman–Crippen LogP) is 4.62. The monoisotopic (exact) mass is 329 g/mol. The van der Waals surface area contributed by atoms with Crippen molar-refractivity contribution in [1.82, 2.24) is 4.98 Å². The van der Waals surface area contributed by atoms with Gasteiger partial charge in [-0.25, -0.2) is 9.78 Å². The predicted molar refractivity (Wildman–Crippen MR) is 97.2 cm³/mol. The Kier molecular flexibility index (Phi) is 3.78. The van der Waals surface area contributed by atoms with E-state index >= 15 is 0 Å².